The lowest BCUT2D eigenvalue weighted by molar-refractivity contribution is -0.384. The quantitative estimate of drug-likeness (QED) is 0.428. The van der Waals surface area contributed by atoms with E-state index in [1.54, 1.807) is 10.6 Å². The summed E-state index contributed by atoms with van der Waals surface area (Å²) in [5.74, 6) is -0.506. The number of hydrogen-bond donors (Lipinski definition) is 0. The maximum atomic E-state index is 12.7. The molecule has 1 amide bonds. The number of aromatic nitrogens is 1. The fraction of sp³-hybridized carbons (Fsp3) is 0.300. The topological polar surface area (TPSA) is 115 Å². The highest BCUT2D eigenvalue weighted by atomic mass is 32.2. The Hall–Kier alpha value is -2.89. The van der Waals surface area contributed by atoms with Gasteiger partial charge < -0.3 is 4.57 Å². The number of aryl methyl sites for hydroxylation is 1. The second-order valence-corrected chi connectivity index (χ2v) is 10.0. The van der Waals surface area contributed by atoms with Gasteiger partial charge in [0.15, 0.2) is 4.80 Å². The summed E-state index contributed by atoms with van der Waals surface area (Å²) in [6.45, 7) is 3.38. The Balaban J connectivity index is 1.67. The van der Waals surface area contributed by atoms with Gasteiger partial charge >= 0.3 is 0 Å². The van der Waals surface area contributed by atoms with Crippen molar-refractivity contribution in [3.05, 3.63) is 62.9 Å². The molecule has 0 atom stereocenters. The zero-order valence-electron chi connectivity index (χ0n) is 16.7. The lowest BCUT2D eigenvalue weighted by Crippen LogP contribution is -2.27. The molecule has 3 aromatic rings. The highest BCUT2D eigenvalue weighted by Crippen LogP contribution is 2.24. The molecule has 4 rings (SSSR count). The molecule has 1 saturated heterocycles. The van der Waals surface area contributed by atoms with Crippen LogP contribution in [0.3, 0.4) is 0 Å². The standard InChI is InChI=1S/C20H20N4O5S2/c1-2-23-17-13-15(24(26)27)7-10-18(17)30-20(23)21-19(25)14-5-8-16(9-6-14)31(28,29)22-11-3-4-12-22/h5-10,13H,2-4,11-12H2,1H3. The third-order valence-electron chi connectivity index (χ3n) is 5.19. The number of carbonyl (C=O) groups excluding carboxylic acids is 1. The number of hydrogen-bond acceptors (Lipinski definition) is 6. The summed E-state index contributed by atoms with van der Waals surface area (Å²) in [7, 11) is -3.54. The summed E-state index contributed by atoms with van der Waals surface area (Å²) in [6.07, 6.45) is 1.70. The molecule has 0 bridgehead atoms. The van der Waals surface area contributed by atoms with Gasteiger partial charge in [-0.3, -0.25) is 14.9 Å². The first kappa shape index (κ1) is 21.3. The van der Waals surface area contributed by atoms with Crippen LogP contribution in [0.1, 0.15) is 30.1 Å². The fourth-order valence-corrected chi connectivity index (χ4v) is 6.15. The van der Waals surface area contributed by atoms with E-state index in [1.165, 1.54) is 52.0 Å². The Morgan fingerprint density at radius 2 is 1.84 bits per heavy atom. The number of nitro groups is 1. The monoisotopic (exact) mass is 460 g/mol. The van der Waals surface area contributed by atoms with Gasteiger partial charge in [0.05, 0.1) is 20.0 Å². The van der Waals surface area contributed by atoms with Gasteiger partial charge in [0, 0.05) is 37.3 Å². The Bertz CT molecular complexity index is 1330. The van der Waals surface area contributed by atoms with Crippen molar-refractivity contribution in [1.82, 2.24) is 8.87 Å². The molecule has 1 aromatic heterocycles. The molecule has 11 heteroatoms. The van der Waals surface area contributed by atoms with Crippen LogP contribution in [0.25, 0.3) is 10.2 Å². The number of nitrogens with zero attached hydrogens (tertiary/aromatic N) is 4. The van der Waals surface area contributed by atoms with Crippen LogP contribution < -0.4 is 4.80 Å². The van der Waals surface area contributed by atoms with Crippen molar-refractivity contribution in [2.75, 3.05) is 13.1 Å². The predicted molar refractivity (Wildman–Crippen MR) is 116 cm³/mol. The van der Waals surface area contributed by atoms with E-state index in [9.17, 15) is 23.3 Å². The van der Waals surface area contributed by atoms with Crippen LogP contribution in [0.4, 0.5) is 5.69 Å². The molecule has 0 N–H and O–H groups in total. The van der Waals surface area contributed by atoms with Crippen molar-refractivity contribution in [3.63, 3.8) is 0 Å². The van der Waals surface area contributed by atoms with Crippen molar-refractivity contribution < 1.29 is 18.1 Å². The minimum absolute atomic E-state index is 0.0276. The van der Waals surface area contributed by atoms with Gasteiger partial charge in [0.1, 0.15) is 0 Å². The zero-order valence-corrected chi connectivity index (χ0v) is 18.4. The van der Waals surface area contributed by atoms with Crippen LogP contribution in [-0.4, -0.2) is 41.2 Å². The lowest BCUT2D eigenvalue weighted by atomic mass is 10.2. The molecule has 0 radical (unpaired) electrons. The minimum Gasteiger partial charge on any atom is -0.316 e. The normalized spacial score (nSPS) is 15.6. The van der Waals surface area contributed by atoms with Gasteiger partial charge in [-0.1, -0.05) is 11.3 Å². The minimum atomic E-state index is -3.54. The van der Waals surface area contributed by atoms with Crippen LogP contribution in [0.15, 0.2) is 52.4 Å². The summed E-state index contributed by atoms with van der Waals surface area (Å²) in [6, 6.07) is 10.3. The number of fused-ring (bicyclic) bond motifs is 1. The van der Waals surface area contributed by atoms with Crippen LogP contribution in [0.2, 0.25) is 0 Å². The molecule has 1 fully saturated rings. The molecule has 162 valence electrons. The average Bonchev–Trinajstić information content (AvgIpc) is 3.41. The molecular weight excluding hydrogens is 440 g/mol. The number of nitro benzene ring substituents is 1. The first-order chi connectivity index (χ1) is 14.8. The molecule has 2 heterocycles. The Labute approximate surface area is 182 Å². The molecule has 0 spiro atoms. The Morgan fingerprint density at radius 3 is 2.45 bits per heavy atom. The number of rotatable bonds is 5. The number of sulfonamides is 1. The highest BCUT2D eigenvalue weighted by Gasteiger charge is 2.27. The van der Waals surface area contributed by atoms with E-state index in [0.717, 1.165) is 17.5 Å². The SMILES string of the molecule is CCn1c(=NC(=O)c2ccc(S(=O)(=O)N3CCCC3)cc2)sc2ccc([N+](=O)[O-])cc21. The molecule has 0 unspecified atom stereocenters. The van der Waals surface area contributed by atoms with Crippen LogP contribution in [0, 0.1) is 10.1 Å². The first-order valence-electron chi connectivity index (χ1n) is 9.78. The van der Waals surface area contributed by atoms with E-state index in [1.807, 2.05) is 6.92 Å². The molecule has 1 aliphatic heterocycles. The van der Waals surface area contributed by atoms with Crippen molar-refractivity contribution in [3.8, 4) is 0 Å². The van der Waals surface area contributed by atoms with E-state index in [-0.39, 0.29) is 16.1 Å². The van der Waals surface area contributed by atoms with Crippen molar-refractivity contribution in [2.24, 2.45) is 4.99 Å². The summed E-state index contributed by atoms with van der Waals surface area (Å²) in [5, 5.41) is 11.1. The molecule has 9 nitrogen and oxygen atoms in total. The molecule has 0 aliphatic carbocycles. The van der Waals surface area contributed by atoms with Gasteiger partial charge in [-0.2, -0.15) is 9.30 Å². The summed E-state index contributed by atoms with van der Waals surface area (Å²) >= 11 is 1.27. The number of amides is 1. The molecule has 0 saturated carbocycles. The van der Waals surface area contributed by atoms with E-state index < -0.39 is 20.9 Å². The fourth-order valence-electron chi connectivity index (χ4n) is 3.56. The number of non-ortho nitro benzene ring substituents is 1. The number of thiazole rings is 1. The maximum Gasteiger partial charge on any atom is 0.279 e. The average molecular weight is 461 g/mol. The summed E-state index contributed by atoms with van der Waals surface area (Å²) < 4.78 is 29.2. The second kappa shape index (κ2) is 8.33. The van der Waals surface area contributed by atoms with Gasteiger partial charge in [0.25, 0.3) is 11.6 Å². The maximum absolute atomic E-state index is 12.7. The van der Waals surface area contributed by atoms with Crippen LogP contribution in [0.5, 0.6) is 0 Å². The Kier molecular flexibility index (Phi) is 5.73. The van der Waals surface area contributed by atoms with Gasteiger partial charge in [-0.15, -0.1) is 0 Å². The smallest absolute Gasteiger partial charge is 0.279 e. The van der Waals surface area contributed by atoms with Gasteiger partial charge in [0.2, 0.25) is 10.0 Å². The molecular formula is C20H20N4O5S2. The van der Waals surface area contributed by atoms with Gasteiger partial charge in [-0.25, -0.2) is 8.42 Å². The van der Waals surface area contributed by atoms with E-state index in [2.05, 4.69) is 4.99 Å². The number of carbonyl (C=O) groups is 1. The van der Waals surface area contributed by atoms with Crippen molar-refractivity contribution in [1.29, 1.82) is 0 Å². The van der Waals surface area contributed by atoms with Crippen molar-refractivity contribution in [2.45, 2.75) is 31.2 Å². The lowest BCUT2D eigenvalue weighted by Gasteiger charge is -2.15. The first-order valence-corrected chi connectivity index (χ1v) is 12.0. The van der Waals surface area contributed by atoms with Gasteiger partial charge in [-0.05, 0) is 50.1 Å². The Morgan fingerprint density at radius 1 is 1.16 bits per heavy atom. The van der Waals surface area contributed by atoms with E-state index >= 15 is 0 Å². The summed E-state index contributed by atoms with van der Waals surface area (Å²) in [5.41, 5.74) is 0.881. The van der Waals surface area contributed by atoms with Crippen LogP contribution >= 0.6 is 11.3 Å². The van der Waals surface area contributed by atoms with E-state index in [0.29, 0.717) is 30.0 Å². The third-order valence-corrected chi connectivity index (χ3v) is 8.17. The van der Waals surface area contributed by atoms with E-state index in [4.69, 9.17) is 0 Å². The molecule has 1 aliphatic rings. The highest BCUT2D eigenvalue weighted by molar-refractivity contribution is 7.89. The molecule has 31 heavy (non-hydrogen) atoms. The predicted octanol–water partition coefficient (Wildman–Crippen LogP) is 3.16. The largest absolute Gasteiger partial charge is 0.316 e. The number of benzene rings is 2. The summed E-state index contributed by atoms with van der Waals surface area (Å²) in [4.78, 5) is 28.1. The van der Waals surface area contributed by atoms with Crippen molar-refractivity contribution >= 4 is 43.2 Å². The third kappa shape index (κ3) is 4.03. The van der Waals surface area contributed by atoms with Crippen LogP contribution in [-0.2, 0) is 16.6 Å². The molecule has 2 aromatic carbocycles. The second-order valence-electron chi connectivity index (χ2n) is 7.09. The zero-order chi connectivity index (χ0) is 22.2.